The monoisotopic (exact) mass is 498 g/mol. The second kappa shape index (κ2) is 8.32. The van der Waals surface area contributed by atoms with Crippen molar-refractivity contribution in [2.24, 2.45) is 0 Å². The van der Waals surface area contributed by atoms with E-state index in [1.807, 2.05) is 0 Å². The number of benzene rings is 2. The van der Waals surface area contributed by atoms with Crippen LogP contribution in [0.25, 0.3) is 5.69 Å². The predicted octanol–water partition coefficient (Wildman–Crippen LogP) is 3.73. The van der Waals surface area contributed by atoms with Crippen LogP contribution in [-0.4, -0.2) is 35.7 Å². The molecule has 0 radical (unpaired) electrons. The number of hydrogen-bond donors (Lipinski definition) is 1. The van der Waals surface area contributed by atoms with Gasteiger partial charge < -0.3 is 4.74 Å². The van der Waals surface area contributed by atoms with E-state index in [2.05, 4.69) is 15.0 Å². The van der Waals surface area contributed by atoms with E-state index in [1.54, 1.807) is 4.72 Å². The second-order valence-corrected chi connectivity index (χ2v) is 8.21. The summed E-state index contributed by atoms with van der Waals surface area (Å²) in [5.41, 5.74) is -0.482. The lowest BCUT2D eigenvalue weighted by molar-refractivity contribution is -0.274. The molecule has 0 saturated heterocycles. The Morgan fingerprint density at radius 1 is 1.13 bits per heavy atom. The zero-order valence-electron chi connectivity index (χ0n) is 14.7. The van der Waals surface area contributed by atoms with Crippen LogP contribution in [0.15, 0.2) is 47.5 Å². The number of amides is 1. The Balaban J connectivity index is 1.82. The van der Waals surface area contributed by atoms with Gasteiger partial charge in [0.05, 0.1) is 16.9 Å². The van der Waals surface area contributed by atoms with Crippen LogP contribution < -0.4 is 9.46 Å². The Labute approximate surface area is 181 Å². The van der Waals surface area contributed by atoms with Gasteiger partial charge in [-0.2, -0.15) is 0 Å². The summed E-state index contributed by atoms with van der Waals surface area (Å²) in [5, 5.41) is 6.75. The third-order valence-corrected chi connectivity index (χ3v) is 5.42. The largest absolute Gasteiger partial charge is 0.573 e. The van der Waals surface area contributed by atoms with Gasteiger partial charge in [-0.1, -0.05) is 28.4 Å². The van der Waals surface area contributed by atoms with E-state index in [-0.39, 0.29) is 15.7 Å². The van der Waals surface area contributed by atoms with Crippen LogP contribution in [0.2, 0.25) is 10.0 Å². The van der Waals surface area contributed by atoms with Crippen LogP contribution in [0.5, 0.6) is 5.75 Å². The van der Waals surface area contributed by atoms with Crippen LogP contribution in [0.4, 0.5) is 17.6 Å². The number of hydrogen-bond acceptors (Lipinski definition) is 6. The highest BCUT2D eigenvalue weighted by molar-refractivity contribution is 7.90. The van der Waals surface area contributed by atoms with E-state index in [1.165, 1.54) is 0 Å². The van der Waals surface area contributed by atoms with Crippen LogP contribution in [0, 0.1) is 5.82 Å². The Kier molecular flexibility index (Phi) is 6.11. The lowest BCUT2D eigenvalue weighted by Gasteiger charge is -2.10. The van der Waals surface area contributed by atoms with E-state index in [4.69, 9.17) is 23.2 Å². The summed E-state index contributed by atoms with van der Waals surface area (Å²) in [5.74, 6) is -2.98. The van der Waals surface area contributed by atoms with Crippen LogP contribution in [0.1, 0.15) is 10.5 Å². The number of halogens is 6. The Bertz CT molecular complexity index is 1260. The van der Waals surface area contributed by atoms with Gasteiger partial charge in [0.1, 0.15) is 16.5 Å². The Hall–Kier alpha value is -2.90. The summed E-state index contributed by atoms with van der Waals surface area (Å²) < 4.78 is 81.4. The third kappa shape index (κ3) is 5.42. The highest BCUT2D eigenvalue weighted by atomic mass is 35.5. The lowest BCUT2D eigenvalue weighted by atomic mass is 10.3. The van der Waals surface area contributed by atoms with Crippen molar-refractivity contribution in [1.82, 2.24) is 19.7 Å². The van der Waals surface area contributed by atoms with Gasteiger partial charge in [-0.3, -0.25) is 4.79 Å². The fraction of sp³-hybridized carbons (Fsp3) is 0.0625. The first kappa shape index (κ1) is 22.8. The van der Waals surface area contributed by atoms with Gasteiger partial charge in [0.15, 0.2) is 5.69 Å². The number of ether oxygens (including phenoxy) is 1. The third-order valence-electron chi connectivity index (χ3n) is 3.54. The van der Waals surface area contributed by atoms with Gasteiger partial charge in [0.25, 0.3) is 15.9 Å². The summed E-state index contributed by atoms with van der Waals surface area (Å²) in [6.45, 7) is 0. The second-order valence-electron chi connectivity index (χ2n) is 5.72. The number of alkyl halides is 3. The quantitative estimate of drug-likeness (QED) is 0.537. The minimum atomic E-state index is -4.92. The van der Waals surface area contributed by atoms with Crippen LogP contribution in [-0.2, 0) is 10.0 Å². The molecular weight excluding hydrogens is 491 g/mol. The van der Waals surface area contributed by atoms with E-state index in [9.17, 15) is 30.8 Å². The lowest BCUT2D eigenvalue weighted by Crippen LogP contribution is -2.31. The molecule has 2 aromatic carbocycles. The maximum absolute atomic E-state index is 13.8. The number of sulfonamides is 1. The Morgan fingerprint density at radius 2 is 1.84 bits per heavy atom. The zero-order valence-corrected chi connectivity index (χ0v) is 17.0. The SMILES string of the molecule is O=C(NS(=O)(=O)c1cc(Cl)ccc1F)c1cn(-c2ccc(OC(F)(F)F)cc2Cl)nn1. The highest BCUT2D eigenvalue weighted by Gasteiger charge is 2.31. The average Bonchev–Trinajstić information content (AvgIpc) is 3.12. The average molecular weight is 499 g/mol. The molecule has 0 spiro atoms. The molecule has 1 aromatic heterocycles. The molecule has 164 valence electrons. The molecular formula is C16H8Cl2F4N4O4S. The smallest absolute Gasteiger partial charge is 0.406 e. The molecule has 0 unspecified atom stereocenters. The first-order chi connectivity index (χ1) is 14.4. The number of nitrogens with zero attached hydrogens (tertiary/aromatic N) is 3. The fourth-order valence-electron chi connectivity index (χ4n) is 2.27. The minimum absolute atomic E-state index is 0.0199. The fourth-order valence-corrected chi connectivity index (χ4v) is 3.83. The standard InChI is InChI=1S/C16H8Cl2F4N4O4S/c17-8-1-3-11(19)14(5-8)31(28,29)24-15(27)12-7-26(25-23-12)13-4-2-9(6-10(13)18)30-16(20,21)22/h1-7H,(H,24,27). The molecule has 1 heterocycles. The number of nitrogens with one attached hydrogen (secondary N) is 1. The molecule has 1 amide bonds. The maximum atomic E-state index is 13.8. The highest BCUT2D eigenvalue weighted by Crippen LogP contribution is 2.29. The zero-order chi connectivity index (χ0) is 23.0. The predicted molar refractivity (Wildman–Crippen MR) is 99.1 cm³/mol. The van der Waals surface area contributed by atoms with Crippen molar-refractivity contribution in [3.05, 3.63) is 64.2 Å². The molecule has 0 aliphatic rings. The summed E-state index contributed by atoms with van der Waals surface area (Å²) in [6, 6.07) is 5.66. The van der Waals surface area contributed by atoms with E-state index >= 15 is 0 Å². The number of rotatable bonds is 5. The first-order valence-electron chi connectivity index (χ1n) is 7.86. The van der Waals surface area contributed by atoms with E-state index < -0.39 is 44.4 Å². The summed E-state index contributed by atoms with van der Waals surface area (Å²) in [4.78, 5) is 11.4. The van der Waals surface area contributed by atoms with Gasteiger partial charge in [0.2, 0.25) is 0 Å². The Morgan fingerprint density at radius 3 is 2.48 bits per heavy atom. The number of carbonyl (C=O) groups is 1. The minimum Gasteiger partial charge on any atom is -0.406 e. The van der Waals surface area contributed by atoms with Gasteiger partial charge >= 0.3 is 6.36 Å². The molecule has 0 atom stereocenters. The van der Waals surface area contributed by atoms with Gasteiger partial charge in [-0.25, -0.2) is 22.2 Å². The molecule has 3 rings (SSSR count). The number of carbonyl (C=O) groups excluding carboxylic acids is 1. The summed E-state index contributed by atoms with van der Waals surface area (Å²) >= 11 is 11.6. The van der Waals surface area contributed by atoms with Gasteiger partial charge in [-0.15, -0.1) is 18.3 Å². The van der Waals surface area contributed by atoms with Crippen LogP contribution in [0.3, 0.4) is 0 Å². The molecule has 31 heavy (non-hydrogen) atoms. The van der Waals surface area contributed by atoms with Gasteiger partial charge in [0, 0.05) is 11.1 Å². The van der Waals surface area contributed by atoms with E-state index in [0.717, 1.165) is 47.3 Å². The molecule has 0 saturated carbocycles. The normalized spacial score (nSPS) is 11.9. The van der Waals surface area contributed by atoms with Crippen molar-refractivity contribution < 1.29 is 35.5 Å². The molecule has 0 aliphatic carbocycles. The van der Waals surface area contributed by atoms with Crippen molar-refractivity contribution in [2.45, 2.75) is 11.3 Å². The maximum Gasteiger partial charge on any atom is 0.573 e. The summed E-state index contributed by atoms with van der Waals surface area (Å²) in [6.07, 6.45) is -3.96. The van der Waals surface area contributed by atoms with Crippen molar-refractivity contribution in [2.75, 3.05) is 0 Å². The first-order valence-corrected chi connectivity index (χ1v) is 10.1. The molecule has 15 heteroatoms. The summed E-state index contributed by atoms with van der Waals surface area (Å²) in [7, 11) is -4.63. The molecule has 0 fully saturated rings. The molecule has 0 bridgehead atoms. The van der Waals surface area contributed by atoms with Crippen molar-refractivity contribution >= 4 is 39.1 Å². The molecule has 8 nitrogen and oxygen atoms in total. The van der Waals surface area contributed by atoms with Gasteiger partial charge in [-0.05, 0) is 30.3 Å². The number of aromatic nitrogens is 3. The van der Waals surface area contributed by atoms with Crippen LogP contribution >= 0.6 is 23.2 Å². The van der Waals surface area contributed by atoms with E-state index in [0.29, 0.717) is 0 Å². The van der Waals surface area contributed by atoms with Crippen molar-refractivity contribution in [3.63, 3.8) is 0 Å². The van der Waals surface area contributed by atoms with Crippen molar-refractivity contribution in [3.8, 4) is 11.4 Å². The topological polar surface area (TPSA) is 103 Å². The van der Waals surface area contributed by atoms with Crippen molar-refractivity contribution in [1.29, 1.82) is 0 Å². The molecule has 3 aromatic rings. The molecule has 1 N–H and O–H groups in total. The molecule has 0 aliphatic heterocycles.